The molecule has 0 heterocycles. The van der Waals surface area contributed by atoms with Gasteiger partial charge in [-0.25, -0.2) is 0 Å². The zero-order chi connectivity index (χ0) is 9.97. The van der Waals surface area contributed by atoms with Gasteiger partial charge in [0.2, 0.25) is 0 Å². The lowest BCUT2D eigenvalue weighted by Gasteiger charge is -2.23. The molecule has 0 aromatic heterocycles. The molecule has 2 rings (SSSR count). The summed E-state index contributed by atoms with van der Waals surface area (Å²) in [5.41, 5.74) is 7.40. The van der Waals surface area contributed by atoms with Crippen LogP contribution in [0.4, 0.5) is 0 Å². The van der Waals surface area contributed by atoms with E-state index >= 15 is 0 Å². The van der Waals surface area contributed by atoms with Crippen LogP contribution in [0.25, 0.3) is 0 Å². The number of hydrogen-bond donors (Lipinski definition) is 1. The maximum atomic E-state index is 11.9. The van der Waals surface area contributed by atoms with E-state index in [4.69, 9.17) is 5.73 Å². The van der Waals surface area contributed by atoms with Crippen LogP contribution in [0.3, 0.4) is 0 Å². The lowest BCUT2D eigenvalue weighted by atomic mass is 9.80. The van der Waals surface area contributed by atoms with Gasteiger partial charge in [-0.15, -0.1) is 0 Å². The van der Waals surface area contributed by atoms with Crippen LogP contribution < -0.4 is 5.73 Å². The van der Waals surface area contributed by atoms with Crippen LogP contribution in [0.15, 0.2) is 24.3 Å². The Labute approximate surface area is 84.1 Å². The molecule has 2 N–H and O–H groups in total. The summed E-state index contributed by atoms with van der Waals surface area (Å²) >= 11 is 0. The Balaban J connectivity index is 2.18. The van der Waals surface area contributed by atoms with Gasteiger partial charge in [0.05, 0.1) is 0 Å². The summed E-state index contributed by atoms with van der Waals surface area (Å²) in [7, 11) is 0. The van der Waals surface area contributed by atoms with E-state index < -0.39 is 0 Å². The second-order valence-corrected chi connectivity index (χ2v) is 3.90. The molecule has 2 heteroatoms. The first-order valence-corrected chi connectivity index (χ1v) is 5.14. The third-order valence-corrected chi connectivity index (χ3v) is 2.92. The first kappa shape index (κ1) is 9.41. The molecule has 0 saturated heterocycles. The van der Waals surface area contributed by atoms with Gasteiger partial charge in [-0.1, -0.05) is 24.6 Å². The molecular weight excluding hydrogens is 174 g/mol. The lowest BCUT2D eigenvalue weighted by Crippen LogP contribution is -2.22. The monoisotopic (exact) mass is 189 g/mol. The highest BCUT2D eigenvalue weighted by Crippen LogP contribution is 2.29. The number of hydrogen-bond acceptors (Lipinski definition) is 2. The standard InChI is InChI=1S/C12H15NO/c13-8-9-3-1-6-11(7-9)12(14)10-4-2-5-10/h1,3,6-7,10H,2,4-5,8,13H2. The van der Waals surface area contributed by atoms with E-state index in [-0.39, 0.29) is 5.92 Å². The molecule has 0 amide bonds. The Morgan fingerprint density at radius 1 is 1.43 bits per heavy atom. The third kappa shape index (κ3) is 1.70. The van der Waals surface area contributed by atoms with Crippen LogP contribution in [-0.2, 0) is 6.54 Å². The minimum Gasteiger partial charge on any atom is -0.326 e. The van der Waals surface area contributed by atoms with Crippen molar-refractivity contribution in [2.24, 2.45) is 11.7 Å². The van der Waals surface area contributed by atoms with E-state index in [1.54, 1.807) is 0 Å². The van der Waals surface area contributed by atoms with Gasteiger partial charge in [-0.05, 0) is 24.5 Å². The van der Waals surface area contributed by atoms with E-state index in [0.29, 0.717) is 12.3 Å². The molecule has 0 spiro atoms. The van der Waals surface area contributed by atoms with E-state index in [1.807, 2.05) is 24.3 Å². The van der Waals surface area contributed by atoms with Gasteiger partial charge < -0.3 is 5.73 Å². The summed E-state index contributed by atoms with van der Waals surface area (Å²) < 4.78 is 0. The van der Waals surface area contributed by atoms with Crippen LogP contribution in [0, 0.1) is 5.92 Å². The molecule has 1 aliphatic rings. The molecule has 0 bridgehead atoms. The van der Waals surface area contributed by atoms with E-state index in [1.165, 1.54) is 6.42 Å². The molecule has 1 saturated carbocycles. The summed E-state index contributed by atoms with van der Waals surface area (Å²) in [5.74, 6) is 0.578. The third-order valence-electron chi connectivity index (χ3n) is 2.92. The Hall–Kier alpha value is -1.15. The quantitative estimate of drug-likeness (QED) is 0.740. The van der Waals surface area contributed by atoms with Crippen LogP contribution in [0.5, 0.6) is 0 Å². The van der Waals surface area contributed by atoms with Gasteiger partial charge in [0.25, 0.3) is 0 Å². The smallest absolute Gasteiger partial charge is 0.165 e. The fourth-order valence-corrected chi connectivity index (χ4v) is 1.76. The molecule has 1 aromatic carbocycles. The molecule has 0 aliphatic heterocycles. The number of carbonyl (C=O) groups is 1. The predicted molar refractivity (Wildman–Crippen MR) is 56.0 cm³/mol. The van der Waals surface area contributed by atoms with Crippen LogP contribution in [0.1, 0.15) is 35.2 Å². The second kappa shape index (κ2) is 3.93. The highest BCUT2D eigenvalue weighted by molar-refractivity contribution is 5.98. The topological polar surface area (TPSA) is 43.1 Å². The number of rotatable bonds is 3. The highest BCUT2D eigenvalue weighted by atomic mass is 16.1. The maximum Gasteiger partial charge on any atom is 0.165 e. The predicted octanol–water partition coefficient (Wildman–Crippen LogP) is 2.13. The minimum absolute atomic E-state index is 0.281. The fraction of sp³-hybridized carbons (Fsp3) is 0.417. The minimum atomic E-state index is 0.281. The van der Waals surface area contributed by atoms with Crippen LogP contribution >= 0.6 is 0 Å². The fourth-order valence-electron chi connectivity index (χ4n) is 1.76. The summed E-state index contributed by atoms with van der Waals surface area (Å²) in [5, 5.41) is 0. The first-order valence-electron chi connectivity index (χ1n) is 5.14. The Morgan fingerprint density at radius 3 is 2.79 bits per heavy atom. The number of Topliss-reactive ketones (excluding diaryl/α,β-unsaturated/α-hetero) is 1. The van der Waals surface area contributed by atoms with Crippen molar-refractivity contribution in [3.8, 4) is 0 Å². The molecule has 0 unspecified atom stereocenters. The number of nitrogens with two attached hydrogens (primary N) is 1. The summed E-state index contributed by atoms with van der Waals surface area (Å²) in [6.07, 6.45) is 3.32. The molecule has 14 heavy (non-hydrogen) atoms. The molecule has 1 fully saturated rings. The van der Waals surface area contributed by atoms with Crippen molar-refractivity contribution >= 4 is 5.78 Å². The molecule has 74 valence electrons. The van der Waals surface area contributed by atoms with Gasteiger partial charge in [-0.2, -0.15) is 0 Å². The van der Waals surface area contributed by atoms with Crippen molar-refractivity contribution in [2.75, 3.05) is 0 Å². The Morgan fingerprint density at radius 2 is 2.21 bits per heavy atom. The Kier molecular flexibility index (Phi) is 2.64. The number of benzene rings is 1. The summed E-state index contributed by atoms with van der Waals surface area (Å²) in [4.78, 5) is 11.9. The number of carbonyl (C=O) groups excluding carboxylic acids is 1. The molecule has 0 atom stereocenters. The lowest BCUT2D eigenvalue weighted by molar-refractivity contribution is 0.0855. The molecule has 1 aromatic rings. The van der Waals surface area contributed by atoms with Crippen molar-refractivity contribution in [3.05, 3.63) is 35.4 Å². The second-order valence-electron chi connectivity index (χ2n) is 3.90. The van der Waals surface area contributed by atoms with Crippen molar-refractivity contribution in [2.45, 2.75) is 25.8 Å². The van der Waals surface area contributed by atoms with Crippen molar-refractivity contribution < 1.29 is 4.79 Å². The first-order chi connectivity index (χ1) is 6.81. The van der Waals surface area contributed by atoms with E-state index in [2.05, 4.69) is 0 Å². The van der Waals surface area contributed by atoms with Crippen molar-refractivity contribution in [3.63, 3.8) is 0 Å². The van der Waals surface area contributed by atoms with Crippen LogP contribution in [-0.4, -0.2) is 5.78 Å². The molecule has 0 radical (unpaired) electrons. The molecule has 2 nitrogen and oxygen atoms in total. The SMILES string of the molecule is NCc1cccc(C(=O)C2CCC2)c1. The van der Waals surface area contributed by atoms with Gasteiger partial charge in [0, 0.05) is 18.0 Å². The number of ketones is 1. The maximum absolute atomic E-state index is 11.9. The summed E-state index contributed by atoms with van der Waals surface area (Å²) in [6.45, 7) is 0.506. The zero-order valence-corrected chi connectivity index (χ0v) is 8.20. The van der Waals surface area contributed by atoms with E-state index in [9.17, 15) is 4.79 Å². The average Bonchev–Trinajstić information content (AvgIpc) is 2.15. The summed E-state index contributed by atoms with van der Waals surface area (Å²) in [6, 6.07) is 7.67. The van der Waals surface area contributed by atoms with E-state index in [0.717, 1.165) is 24.0 Å². The zero-order valence-electron chi connectivity index (χ0n) is 8.20. The normalized spacial score (nSPS) is 16.4. The van der Waals surface area contributed by atoms with Crippen LogP contribution in [0.2, 0.25) is 0 Å². The van der Waals surface area contributed by atoms with Gasteiger partial charge >= 0.3 is 0 Å². The highest BCUT2D eigenvalue weighted by Gasteiger charge is 2.25. The Bertz CT molecular complexity index is 342. The average molecular weight is 189 g/mol. The largest absolute Gasteiger partial charge is 0.326 e. The van der Waals surface area contributed by atoms with Gasteiger partial charge in [0.15, 0.2) is 5.78 Å². The van der Waals surface area contributed by atoms with Crippen molar-refractivity contribution in [1.82, 2.24) is 0 Å². The molecule has 1 aliphatic carbocycles. The van der Waals surface area contributed by atoms with Gasteiger partial charge in [0.1, 0.15) is 0 Å². The van der Waals surface area contributed by atoms with Gasteiger partial charge in [-0.3, -0.25) is 4.79 Å². The molecular formula is C12H15NO. The van der Waals surface area contributed by atoms with Crippen molar-refractivity contribution in [1.29, 1.82) is 0 Å².